The third-order valence-corrected chi connectivity index (χ3v) is 3.91. The van der Waals surface area contributed by atoms with E-state index in [1.165, 1.54) is 29.9 Å². The highest BCUT2D eigenvalue weighted by Gasteiger charge is 2.33. The molecule has 2 rings (SSSR count). The van der Waals surface area contributed by atoms with Gasteiger partial charge in [0, 0.05) is 18.7 Å². The Morgan fingerprint density at radius 3 is 2.65 bits per heavy atom. The molecule has 0 atom stereocenters. The molecule has 0 amide bonds. The fourth-order valence-corrected chi connectivity index (χ4v) is 3.04. The quantitative estimate of drug-likeness (QED) is 0.846. The molecule has 0 saturated heterocycles. The molecule has 4 nitrogen and oxygen atoms in total. The molecule has 3 N–H and O–H groups in total. The molecular formula is C12H21N3OS. The maximum atomic E-state index is 9.94. The van der Waals surface area contributed by atoms with Gasteiger partial charge < -0.3 is 15.7 Å². The Morgan fingerprint density at radius 1 is 1.53 bits per heavy atom. The molecule has 0 aliphatic heterocycles. The first kappa shape index (κ1) is 12.6. The van der Waals surface area contributed by atoms with E-state index in [2.05, 4.69) is 16.2 Å². The van der Waals surface area contributed by atoms with Crippen LogP contribution in [0.15, 0.2) is 0 Å². The largest absolute Gasteiger partial charge is 0.389 e. The molecule has 0 bridgehead atoms. The van der Waals surface area contributed by atoms with Crippen LogP contribution in [-0.2, 0) is 0 Å². The number of aliphatic hydroxyl groups is 1. The van der Waals surface area contributed by atoms with E-state index in [9.17, 15) is 5.11 Å². The number of aromatic nitrogens is 1. The van der Waals surface area contributed by atoms with Crippen LogP contribution in [0.25, 0.3) is 0 Å². The number of nitrogens with zero attached hydrogens (tertiary/aromatic N) is 2. The van der Waals surface area contributed by atoms with Crippen LogP contribution in [-0.4, -0.2) is 28.2 Å². The third-order valence-electron chi connectivity index (χ3n) is 2.97. The zero-order valence-electron chi connectivity index (χ0n) is 10.7. The molecule has 1 heterocycles. The summed E-state index contributed by atoms with van der Waals surface area (Å²) >= 11 is 1.46. The van der Waals surface area contributed by atoms with Gasteiger partial charge in [-0.2, -0.15) is 4.37 Å². The van der Waals surface area contributed by atoms with E-state index in [-0.39, 0.29) is 0 Å². The zero-order valence-corrected chi connectivity index (χ0v) is 11.5. The van der Waals surface area contributed by atoms with Gasteiger partial charge in [-0.3, -0.25) is 0 Å². The molecule has 96 valence electrons. The molecule has 0 aromatic carbocycles. The van der Waals surface area contributed by atoms with Gasteiger partial charge in [0.25, 0.3) is 0 Å². The van der Waals surface area contributed by atoms with Gasteiger partial charge in [-0.1, -0.05) is 0 Å². The summed E-state index contributed by atoms with van der Waals surface area (Å²) in [5.41, 5.74) is 6.46. The Balaban J connectivity index is 2.24. The monoisotopic (exact) mass is 255 g/mol. The minimum absolute atomic E-state index is 0.597. The number of hydrogen-bond donors (Lipinski definition) is 2. The third kappa shape index (κ3) is 2.90. The van der Waals surface area contributed by atoms with Crippen molar-refractivity contribution in [3.63, 3.8) is 0 Å². The Hall–Kier alpha value is -0.810. The highest BCUT2D eigenvalue weighted by atomic mass is 32.1. The van der Waals surface area contributed by atoms with Gasteiger partial charge in [-0.25, -0.2) is 0 Å². The smallest absolute Gasteiger partial charge is 0.142 e. The molecule has 0 spiro atoms. The normalized spacial score (nSPS) is 16.2. The van der Waals surface area contributed by atoms with Crippen LogP contribution in [0.2, 0.25) is 0 Å². The predicted molar refractivity (Wildman–Crippen MR) is 72.7 cm³/mol. The van der Waals surface area contributed by atoms with Crippen LogP contribution in [0, 0.1) is 0 Å². The number of rotatable bonds is 5. The second kappa shape index (κ2) is 4.46. The van der Waals surface area contributed by atoms with E-state index in [1.807, 2.05) is 13.8 Å². The van der Waals surface area contributed by atoms with Crippen molar-refractivity contribution in [2.45, 2.75) is 45.1 Å². The van der Waals surface area contributed by atoms with Gasteiger partial charge in [-0.15, -0.1) is 0 Å². The molecular weight excluding hydrogens is 234 g/mol. The van der Waals surface area contributed by atoms with Gasteiger partial charge in [0.1, 0.15) is 10.8 Å². The maximum Gasteiger partial charge on any atom is 0.142 e. The number of likely N-dealkylation sites (N-methyl/N-ethyl adjacent to an activating group) is 1. The Bertz CT molecular complexity index is 393. The molecule has 0 radical (unpaired) electrons. The van der Waals surface area contributed by atoms with Gasteiger partial charge in [0.15, 0.2) is 0 Å². The summed E-state index contributed by atoms with van der Waals surface area (Å²) in [5, 5.41) is 11.1. The van der Waals surface area contributed by atoms with Crippen LogP contribution >= 0.6 is 11.5 Å². The molecule has 1 aromatic rings. The summed E-state index contributed by atoms with van der Waals surface area (Å²) in [4.78, 5) is 2.18. The lowest BCUT2D eigenvalue weighted by atomic mass is 10.1. The topological polar surface area (TPSA) is 62.4 Å². The summed E-state index contributed by atoms with van der Waals surface area (Å²) in [5.74, 6) is 1.28. The van der Waals surface area contributed by atoms with Crippen molar-refractivity contribution in [1.82, 2.24) is 4.37 Å². The van der Waals surface area contributed by atoms with E-state index in [1.54, 1.807) is 0 Å². The van der Waals surface area contributed by atoms with E-state index in [0.717, 1.165) is 11.5 Å². The standard InChI is InChI=1S/C12H21N3OS/c1-4-15(7-12(2,3)16)11-9(8-5-6-8)10(13)14-17-11/h8,16H,4-7H2,1-3H3,(H2,13,14). The fraction of sp³-hybridized carbons (Fsp3) is 0.750. The lowest BCUT2D eigenvalue weighted by Gasteiger charge is -2.29. The lowest BCUT2D eigenvalue weighted by molar-refractivity contribution is 0.0877. The van der Waals surface area contributed by atoms with Crippen molar-refractivity contribution in [1.29, 1.82) is 0 Å². The highest BCUT2D eigenvalue weighted by Crippen LogP contribution is 2.48. The Morgan fingerprint density at radius 2 is 2.18 bits per heavy atom. The average Bonchev–Trinajstić information content (AvgIpc) is 2.98. The van der Waals surface area contributed by atoms with Gasteiger partial charge in [0.2, 0.25) is 0 Å². The summed E-state index contributed by atoms with van der Waals surface area (Å²) in [6.07, 6.45) is 2.44. The summed E-state index contributed by atoms with van der Waals surface area (Å²) < 4.78 is 4.27. The fourth-order valence-electron chi connectivity index (χ4n) is 2.08. The predicted octanol–water partition coefficient (Wildman–Crippen LogP) is 2.20. The van der Waals surface area contributed by atoms with Crippen molar-refractivity contribution in [2.75, 3.05) is 23.7 Å². The number of nitrogen functional groups attached to an aromatic ring is 1. The van der Waals surface area contributed by atoms with E-state index < -0.39 is 5.60 Å². The van der Waals surface area contributed by atoms with Crippen LogP contribution in [0.5, 0.6) is 0 Å². The van der Waals surface area contributed by atoms with Crippen LogP contribution in [0.3, 0.4) is 0 Å². The van der Waals surface area contributed by atoms with E-state index in [0.29, 0.717) is 18.3 Å². The number of nitrogens with two attached hydrogens (primary N) is 1. The van der Waals surface area contributed by atoms with Crippen molar-refractivity contribution >= 4 is 22.4 Å². The molecule has 5 heteroatoms. The Labute approximate surface area is 107 Å². The lowest BCUT2D eigenvalue weighted by Crippen LogP contribution is -2.38. The molecule has 1 fully saturated rings. The first-order valence-corrected chi connectivity index (χ1v) is 6.92. The minimum Gasteiger partial charge on any atom is -0.389 e. The van der Waals surface area contributed by atoms with Gasteiger partial charge >= 0.3 is 0 Å². The molecule has 1 aliphatic carbocycles. The van der Waals surface area contributed by atoms with Crippen molar-refractivity contribution < 1.29 is 5.11 Å². The first-order chi connectivity index (χ1) is 7.92. The summed E-state index contributed by atoms with van der Waals surface area (Å²) in [6, 6.07) is 0. The molecule has 0 unspecified atom stereocenters. The number of anilines is 2. The van der Waals surface area contributed by atoms with E-state index >= 15 is 0 Å². The molecule has 17 heavy (non-hydrogen) atoms. The average molecular weight is 255 g/mol. The van der Waals surface area contributed by atoms with Gasteiger partial charge in [-0.05, 0) is 51.1 Å². The summed E-state index contributed by atoms with van der Waals surface area (Å²) in [6.45, 7) is 7.24. The summed E-state index contributed by atoms with van der Waals surface area (Å²) in [7, 11) is 0. The Kier molecular flexibility index (Phi) is 3.32. The maximum absolute atomic E-state index is 9.94. The van der Waals surface area contributed by atoms with Crippen LogP contribution < -0.4 is 10.6 Å². The number of hydrogen-bond acceptors (Lipinski definition) is 5. The van der Waals surface area contributed by atoms with Crippen LogP contribution in [0.1, 0.15) is 45.1 Å². The highest BCUT2D eigenvalue weighted by molar-refractivity contribution is 7.10. The molecule has 1 aromatic heterocycles. The van der Waals surface area contributed by atoms with Crippen molar-refractivity contribution in [2.24, 2.45) is 0 Å². The van der Waals surface area contributed by atoms with Gasteiger partial charge in [0.05, 0.1) is 5.60 Å². The van der Waals surface area contributed by atoms with E-state index in [4.69, 9.17) is 5.73 Å². The van der Waals surface area contributed by atoms with Crippen molar-refractivity contribution in [3.8, 4) is 0 Å². The SMILES string of the molecule is CCN(CC(C)(C)O)c1snc(N)c1C1CC1. The van der Waals surface area contributed by atoms with Crippen LogP contribution in [0.4, 0.5) is 10.8 Å². The molecule has 1 saturated carbocycles. The van der Waals surface area contributed by atoms with Crippen molar-refractivity contribution in [3.05, 3.63) is 5.56 Å². The second-order valence-electron chi connectivity index (χ2n) is 5.39. The first-order valence-electron chi connectivity index (χ1n) is 6.14. The molecule has 1 aliphatic rings. The zero-order chi connectivity index (χ0) is 12.6. The minimum atomic E-state index is -0.699. The second-order valence-corrected chi connectivity index (χ2v) is 6.14.